The van der Waals surface area contributed by atoms with E-state index in [1.54, 1.807) is 4.90 Å². The zero-order valence-corrected chi connectivity index (χ0v) is 9.80. The summed E-state index contributed by atoms with van der Waals surface area (Å²) < 4.78 is 5.28. The molecule has 1 rings (SSSR count). The predicted octanol–water partition coefficient (Wildman–Crippen LogP) is 3.09. The van der Waals surface area contributed by atoms with Gasteiger partial charge in [0, 0.05) is 12.2 Å². The van der Waals surface area contributed by atoms with Crippen LogP contribution in [0.25, 0.3) is 0 Å². The van der Waals surface area contributed by atoms with Crippen molar-refractivity contribution in [2.75, 3.05) is 6.54 Å². The number of piperidine rings is 1. The molecule has 1 aliphatic heterocycles. The lowest BCUT2D eigenvalue weighted by atomic mass is 10.0. The maximum atomic E-state index is 11.8. The number of hydrogen-bond acceptors (Lipinski definition) is 2. The maximum absolute atomic E-state index is 11.8. The molecule has 0 aromatic carbocycles. The lowest BCUT2D eigenvalue weighted by Gasteiger charge is -2.32. The SMILES string of the molecule is C=C1CCCN(C(=O)OC(C)(C)C)C1=C. The van der Waals surface area contributed by atoms with Crippen LogP contribution in [-0.2, 0) is 4.74 Å². The molecule has 3 nitrogen and oxygen atoms in total. The van der Waals surface area contributed by atoms with Gasteiger partial charge in [-0.15, -0.1) is 0 Å². The van der Waals surface area contributed by atoms with E-state index in [0.717, 1.165) is 18.4 Å². The fourth-order valence-electron chi connectivity index (χ4n) is 1.44. The number of nitrogens with zero attached hydrogens (tertiary/aromatic N) is 1. The molecule has 0 saturated carbocycles. The molecular weight excluding hydrogens is 190 g/mol. The van der Waals surface area contributed by atoms with Crippen molar-refractivity contribution in [1.29, 1.82) is 0 Å². The van der Waals surface area contributed by atoms with Crippen molar-refractivity contribution >= 4 is 6.09 Å². The summed E-state index contributed by atoms with van der Waals surface area (Å²) in [5.41, 5.74) is 1.15. The first kappa shape index (κ1) is 11.8. The molecule has 1 aliphatic rings. The van der Waals surface area contributed by atoms with Crippen LogP contribution in [0.4, 0.5) is 4.79 Å². The molecule has 1 amide bonds. The summed E-state index contributed by atoms with van der Waals surface area (Å²) in [6.45, 7) is 14.0. The Labute approximate surface area is 91.4 Å². The van der Waals surface area contributed by atoms with E-state index < -0.39 is 5.60 Å². The smallest absolute Gasteiger partial charge is 0.414 e. The summed E-state index contributed by atoms with van der Waals surface area (Å²) in [6, 6.07) is 0. The van der Waals surface area contributed by atoms with Gasteiger partial charge in [-0.3, -0.25) is 4.90 Å². The Kier molecular flexibility index (Phi) is 3.22. The Morgan fingerprint density at radius 1 is 1.40 bits per heavy atom. The van der Waals surface area contributed by atoms with Crippen LogP contribution >= 0.6 is 0 Å². The van der Waals surface area contributed by atoms with Gasteiger partial charge in [-0.05, 0) is 39.2 Å². The number of carbonyl (C=O) groups excluding carboxylic acids is 1. The Morgan fingerprint density at radius 3 is 2.53 bits per heavy atom. The van der Waals surface area contributed by atoms with E-state index in [0.29, 0.717) is 12.2 Å². The van der Waals surface area contributed by atoms with Gasteiger partial charge in [0.1, 0.15) is 5.60 Å². The summed E-state index contributed by atoms with van der Waals surface area (Å²) >= 11 is 0. The summed E-state index contributed by atoms with van der Waals surface area (Å²) in [5.74, 6) is 0. The lowest BCUT2D eigenvalue weighted by Crippen LogP contribution is -2.38. The van der Waals surface area contributed by atoms with Crippen molar-refractivity contribution in [2.45, 2.75) is 39.2 Å². The molecule has 0 unspecified atom stereocenters. The second-order valence-corrected chi connectivity index (χ2v) is 4.79. The average molecular weight is 209 g/mol. The van der Waals surface area contributed by atoms with Crippen LogP contribution in [0.5, 0.6) is 0 Å². The van der Waals surface area contributed by atoms with Crippen LogP contribution in [-0.4, -0.2) is 23.1 Å². The number of ether oxygens (including phenoxy) is 1. The number of carbonyl (C=O) groups is 1. The van der Waals surface area contributed by atoms with Gasteiger partial charge >= 0.3 is 6.09 Å². The van der Waals surface area contributed by atoms with Crippen LogP contribution in [0.2, 0.25) is 0 Å². The van der Waals surface area contributed by atoms with Crippen LogP contribution < -0.4 is 0 Å². The Bertz CT molecular complexity index is 299. The van der Waals surface area contributed by atoms with Crippen molar-refractivity contribution in [3.05, 3.63) is 24.4 Å². The topological polar surface area (TPSA) is 29.5 Å². The molecule has 0 radical (unpaired) electrons. The van der Waals surface area contributed by atoms with Gasteiger partial charge in [0.15, 0.2) is 0 Å². The summed E-state index contributed by atoms with van der Waals surface area (Å²) in [4.78, 5) is 13.3. The highest BCUT2D eigenvalue weighted by molar-refractivity contribution is 5.71. The van der Waals surface area contributed by atoms with Crippen LogP contribution in [0.3, 0.4) is 0 Å². The van der Waals surface area contributed by atoms with E-state index in [9.17, 15) is 4.79 Å². The summed E-state index contributed by atoms with van der Waals surface area (Å²) in [7, 11) is 0. The minimum atomic E-state index is -0.462. The molecule has 1 saturated heterocycles. The first-order valence-corrected chi connectivity index (χ1v) is 5.19. The molecular formula is C12H19NO2. The molecule has 1 heterocycles. The molecule has 0 atom stereocenters. The van der Waals surface area contributed by atoms with E-state index in [4.69, 9.17) is 4.74 Å². The van der Waals surface area contributed by atoms with Crippen LogP contribution in [0.15, 0.2) is 24.4 Å². The summed E-state index contributed by atoms with van der Waals surface area (Å²) in [5, 5.41) is 0. The highest BCUT2D eigenvalue weighted by Crippen LogP contribution is 2.25. The normalized spacial score (nSPS) is 17.9. The Hall–Kier alpha value is -1.25. The van der Waals surface area contributed by atoms with E-state index in [2.05, 4.69) is 13.2 Å². The number of hydrogen-bond donors (Lipinski definition) is 0. The highest BCUT2D eigenvalue weighted by atomic mass is 16.6. The van der Waals surface area contributed by atoms with E-state index in [1.807, 2.05) is 20.8 Å². The molecule has 84 valence electrons. The van der Waals surface area contributed by atoms with Gasteiger partial charge in [0.2, 0.25) is 0 Å². The second-order valence-electron chi connectivity index (χ2n) is 4.79. The highest BCUT2D eigenvalue weighted by Gasteiger charge is 2.26. The standard InChI is InChI=1S/C12H19NO2/c1-9-7-6-8-13(10(9)2)11(14)15-12(3,4)5/h1-2,6-8H2,3-5H3. The molecule has 3 heteroatoms. The third kappa shape index (κ3) is 3.11. The van der Waals surface area contributed by atoms with Crippen LogP contribution in [0, 0.1) is 0 Å². The van der Waals surface area contributed by atoms with Crippen molar-refractivity contribution < 1.29 is 9.53 Å². The third-order valence-corrected chi connectivity index (χ3v) is 2.21. The van der Waals surface area contributed by atoms with Gasteiger partial charge in [-0.25, -0.2) is 4.79 Å². The molecule has 1 fully saturated rings. The monoisotopic (exact) mass is 209 g/mol. The molecule has 0 spiro atoms. The quantitative estimate of drug-likeness (QED) is 0.613. The van der Waals surface area contributed by atoms with E-state index >= 15 is 0 Å². The van der Waals surface area contributed by atoms with Gasteiger partial charge < -0.3 is 4.74 Å². The van der Waals surface area contributed by atoms with Gasteiger partial charge in [0.05, 0.1) is 0 Å². The van der Waals surface area contributed by atoms with Crippen molar-refractivity contribution in [2.24, 2.45) is 0 Å². The van der Waals surface area contributed by atoms with Crippen molar-refractivity contribution in [1.82, 2.24) is 4.90 Å². The first-order valence-electron chi connectivity index (χ1n) is 5.19. The fraction of sp³-hybridized carbons (Fsp3) is 0.583. The van der Waals surface area contributed by atoms with Crippen molar-refractivity contribution in [3.63, 3.8) is 0 Å². The molecule has 0 aromatic heterocycles. The molecule has 0 aromatic rings. The average Bonchev–Trinajstić information content (AvgIpc) is 2.06. The van der Waals surface area contributed by atoms with Crippen molar-refractivity contribution in [3.8, 4) is 0 Å². The zero-order chi connectivity index (χ0) is 11.6. The third-order valence-electron chi connectivity index (χ3n) is 2.21. The Morgan fingerprint density at radius 2 is 2.00 bits per heavy atom. The minimum Gasteiger partial charge on any atom is -0.443 e. The van der Waals surface area contributed by atoms with Gasteiger partial charge in [0.25, 0.3) is 0 Å². The Balaban J connectivity index is 2.67. The maximum Gasteiger partial charge on any atom is 0.414 e. The second kappa shape index (κ2) is 4.09. The number of rotatable bonds is 0. The van der Waals surface area contributed by atoms with E-state index in [1.165, 1.54) is 0 Å². The van der Waals surface area contributed by atoms with E-state index in [-0.39, 0.29) is 6.09 Å². The zero-order valence-electron chi connectivity index (χ0n) is 9.80. The molecule has 15 heavy (non-hydrogen) atoms. The lowest BCUT2D eigenvalue weighted by molar-refractivity contribution is 0.0305. The van der Waals surface area contributed by atoms with Crippen LogP contribution in [0.1, 0.15) is 33.6 Å². The van der Waals surface area contributed by atoms with Gasteiger partial charge in [-0.1, -0.05) is 13.2 Å². The predicted molar refractivity (Wildman–Crippen MR) is 60.5 cm³/mol. The first-order chi connectivity index (χ1) is 6.81. The number of amides is 1. The van der Waals surface area contributed by atoms with Gasteiger partial charge in [-0.2, -0.15) is 0 Å². The molecule has 0 aliphatic carbocycles. The minimum absolute atomic E-state index is 0.326. The molecule has 0 bridgehead atoms. The summed E-state index contributed by atoms with van der Waals surface area (Å²) in [6.07, 6.45) is 1.52. The fourth-order valence-corrected chi connectivity index (χ4v) is 1.44. The molecule has 0 N–H and O–H groups in total. The largest absolute Gasteiger partial charge is 0.443 e. The number of likely N-dealkylation sites (tertiary alicyclic amines) is 1. The number of allylic oxidation sites excluding steroid dienone is 1.